The van der Waals surface area contributed by atoms with E-state index < -0.39 is 17.8 Å². The third-order valence-electron chi connectivity index (χ3n) is 5.28. The van der Waals surface area contributed by atoms with Crippen LogP contribution in [0.1, 0.15) is 21.6 Å². The van der Waals surface area contributed by atoms with Gasteiger partial charge in [-0.3, -0.25) is 9.48 Å². The van der Waals surface area contributed by atoms with Gasteiger partial charge in [-0.1, -0.05) is 42.5 Å². The molecule has 0 saturated heterocycles. The first kappa shape index (κ1) is 20.7. The lowest BCUT2D eigenvalue weighted by atomic mass is 10.0. The topological polar surface area (TPSA) is 77.1 Å². The van der Waals surface area contributed by atoms with Gasteiger partial charge in [-0.25, -0.2) is 9.50 Å². The number of hydrogen-bond acceptors (Lipinski definition) is 4. The van der Waals surface area contributed by atoms with Crippen molar-refractivity contribution in [1.82, 2.24) is 29.7 Å². The molecule has 0 bridgehead atoms. The van der Waals surface area contributed by atoms with Crippen molar-refractivity contribution in [2.24, 2.45) is 7.05 Å². The van der Waals surface area contributed by atoms with Gasteiger partial charge in [-0.05, 0) is 16.8 Å². The van der Waals surface area contributed by atoms with Gasteiger partial charge in [0.2, 0.25) is 0 Å². The minimum atomic E-state index is -4.70. The Bertz CT molecular complexity index is 1500. The smallest absolute Gasteiger partial charge is 0.348 e. The first-order chi connectivity index (χ1) is 15.8. The van der Waals surface area contributed by atoms with Gasteiger partial charge < -0.3 is 5.32 Å². The molecule has 166 valence electrons. The van der Waals surface area contributed by atoms with Crippen molar-refractivity contribution in [3.8, 4) is 11.3 Å². The van der Waals surface area contributed by atoms with Crippen molar-refractivity contribution in [2.45, 2.75) is 12.7 Å². The third kappa shape index (κ3) is 3.79. The normalized spacial score (nSPS) is 11.9. The fourth-order valence-corrected chi connectivity index (χ4v) is 3.75. The number of nitrogens with one attached hydrogen (secondary N) is 1. The molecule has 0 aliphatic rings. The SMILES string of the molecule is Cn1cc(CNC(=O)c2cnn3c(C(F)(F)F)cc(-c4cccc5ccccc45)nc23)cn1. The maximum atomic E-state index is 13.9. The number of nitrogens with zero attached hydrogens (tertiary/aromatic N) is 5. The number of alkyl halides is 3. The van der Waals surface area contributed by atoms with Gasteiger partial charge in [-0.15, -0.1) is 0 Å². The summed E-state index contributed by atoms with van der Waals surface area (Å²) >= 11 is 0. The Balaban J connectivity index is 1.63. The molecule has 0 radical (unpaired) electrons. The predicted molar refractivity (Wildman–Crippen MR) is 115 cm³/mol. The number of fused-ring (bicyclic) bond motifs is 2. The molecule has 5 rings (SSSR count). The molecule has 3 heterocycles. The molecule has 0 aliphatic heterocycles. The summed E-state index contributed by atoms with van der Waals surface area (Å²) < 4.78 is 44.0. The summed E-state index contributed by atoms with van der Waals surface area (Å²) in [7, 11) is 1.74. The highest BCUT2D eigenvalue weighted by Crippen LogP contribution is 2.34. The van der Waals surface area contributed by atoms with Gasteiger partial charge in [0.15, 0.2) is 11.3 Å². The lowest BCUT2D eigenvalue weighted by Gasteiger charge is -2.13. The van der Waals surface area contributed by atoms with E-state index in [0.29, 0.717) is 10.1 Å². The zero-order valence-corrected chi connectivity index (χ0v) is 17.3. The van der Waals surface area contributed by atoms with E-state index in [-0.39, 0.29) is 23.4 Å². The number of carbonyl (C=O) groups is 1. The Kier molecular flexibility index (Phi) is 4.85. The number of aromatic nitrogens is 5. The van der Waals surface area contributed by atoms with Gasteiger partial charge in [0.05, 0.1) is 18.1 Å². The van der Waals surface area contributed by atoms with Crippen LogP contribution in [0.4, 0.5) is 13.2 Å². The summed E-state index contributed by atoms with van der Waals surface area (Å²) in [5, 5.41) is 12.2. The van der Waals surface area contributed by atoms with E-state index in [4.69, 9.17) is 0 Å². The van der Waals surface area contributed by atoms with Crippen LogP contribution in [-0.4, -0.2) is 30.3 Å². The number of halogens is 3. The molecule has 0 atom stereocenters. The molecule has 1 N–H and O–H groups in total. The van der Waals surface area contributed by atoms with Crippen LogP contribution >= 0.6 is 0 Å². The molecule has 3 aromatic heterocycles. The van der Waals surface area contributed by atoms with Crippen LogP contribution in [0.5, 0.6) is 0 Å². The van der Waals surface area contributed by atoms with E-state index in [1.165, 1.54) is 0 Å². The molecule has 2 aromatic carbocycles. The van der Waals surface area contributed by atoms with E-state index in [1.807, 2.05) is 30.3 Å². The molecule has 10 heteroatoms. The molecule has 7 nitrogen and oxygen atoms in total. The number of benzene rings is 2. The van der Waals surface area contributed by atoms with Crippen LogP contribution in [0.2, 0.25) is 0 Å². The fraction of sp³-hybridized carbons (Fsp3) is 0.130. The third-order valence-corrected chi connectivity index (χ3v) is 5.28. The van der Waals surface area contributed by atoms with Crippen LogP contribution in [-0.2, 0) is 19.8 Å². The second kappa shape index (κ2) is 7.73. The summed E-state index contributed by atoms with van der Waals surface area (Å²) in [6, 6.07) is 13.7. The van der Waals surface area contributed by atoms with E-state index in [2.05, 4.69) is 20.5 Å². The maximum Gasteiger partial charge on any atom is 0.433 e. The molecule has 33 heavy (non-hydrogen) atoms. The summed E-state index contributed by atoms with van der Waals surface area (Å²) in [4.78, 5) is 17.2. The molecule has 5 aromatic rings. The molecule has 0 saturated carbocycles. The Labute approximate surface area is 185 Å². The second-order valence-corrected chi connectivity index (χ2v) is 7.55. The van der Waals surface area contributed by atoms with Gasteiger partial charge >= 0.3 is 6.18 Å². The molecule has 0 spiro atoms. The Morgan fingerprint density at radius 2 is 1.85 bits per heavy atom. The quantitative estimate of drug-likeness (QED) is 0.445. The van der Waals surface area contributed by atoms with Crippen molar-refractivity contribution < 1.29 is 18.0 Å². The molecule has 1 amide bonds. The lowest BCUT2D eigenvalue weighted by molar-refractivity contribution is -0.142. The predicted octanol–water partition coefficient (Wildman–Crippen LogP) is 4.23. The number of hydrogen-bond donors (Lipinski definition) is 1. The first-order valence-corrected chi connectivity index (χ1v) is 10.0. The van der Waals surface area contributed by atoms with E-state index in [9.17, 15) is 18.0 Å². The van der Waals surface area contributed by atoms with Crippen molar-refractivity contribution in [3.63, 3.8) is 0 Å². The highest BCUT2D eigenvalue weighted by atomic mass is 19.4. The number of carbonyl (C=O) groups excluding carboxylic acids is 1. The Morgan fingerprint density at radius 3 is 2.61 bits per heavy atom. The fourth-order valence-electron chi connectivity index (χ4n) is 3.75. The van der Waals surface area contributed by atoms with E-state index >= 15 is 0 Å². The average molecular weight is 450 g/mol. The van der Waals surface area contributed by atoms with E-state index in [1.54, 1.807) is 36.3 Å². The van der Waals surface area contributed by atoms with Crippen molar-refractivity contribution in [1.29, 1.82) is 0 Å². The highest BCUT2D eigenvalue weighted by Gasteiger charge is 2.36. The standard InChI is InChI=1S/C23H17F3N6O/c1-31-13-14(11-28-31)10-27-22(33)18-12-29-32-20(23(24,25)26)9-19(30-21(18)32)17-8-4-6-15-5-2-3-7-16(15)17/h2-9,11-13H,10H2,1H3,(H,27,33). The van der Waals surface area contributed by atoms with Gasteiger partial charge in [0, 0.05) is 30.9 Å². The van der Waals surface area contributed by atoms with Gasteiger partial charge in [0.1, 0.15) is 5.56 Å². The van der Waals surface area contributed by atoms with Crippen LogP contribution in [0, 0.1) is 0 Å². The largest absolute Gasteiger partial charge is 0.433 e. The van der Waals surface area contributed by atoms with Crippen molar-refractivity contribution in [3.05, 3.63) is 83.9 Å². The summed E-state index contributed by atoms with van der Waals surface area (Å²) in [6.07, 6.45) is -0.275. The first-order valence-electron chi connectivity index (χ1n) is 10.0. The zero-order chi connectivity index (χ0) is 23.2. The molecule has 0 fully saturated rings. The van der Waals surface area contributed by atoms with E-state index in [0.717, 1.165) is 28.6 Å². The van der Waals surface area contributed by atoms with Crippen LogP contribution < -0.4 is 5.32 Å². The van der Waals surface area contributed by atoms with Crippen LogP contribution in [0.25, 0.3) is 27.7 Å². The molecule has 0 unspecified atom stereocenters. The summed E-state index contributed by atoms with van der Waals surface area (Å²) in [5.74, 6) is -0.579. The molecular formula is C23H17F3N6O. The van der Waals surface area contributed by atoms with Crippen LogP contribution in [0.3, 0.4) is 0 Å². The minimum Gasteiger partial charge on any atom is -0.348 e. The second-order valence-electron chi connectivity index (χ2n) is 7.55. The number of rotatable bonds is 4. The molecular weight excluding hydrogens is 433 g/mol. The zero-order valence-electron chi connectivity index (χ0n) is 17.3. The van der Waals surface area contributed by atoms with Crippen LogP contribution in [0.15, 0.2) is 67.1 Å². The monoisotopic (exact) mass is 450 g/mol. The van der Waals surface area contributed by atoms with Gasteiger partial charge in [-0.2, -0.15) is 23.4 Å². The number of amides is 1. The Morgan fingerprint density at radius 1 is 1.06 bits per heavy atom. The lowest BCUT2D eigenvalue weighted by Crippen LogP contribution is -2.23. The van der Waals surface area contributed by atoms with Gasteiger partial charge in [0.25, 0.3) is 5.91 Å². The van der Waals surface area contributed by atoms with Crippen molar-refractivity contribution in [2.75, 3.05) is 0 Å². The number of aryl methyl sites for hydroxylation is 1. The summed E-state index contributed by atoms with van der Waals surface area (Å²) in [5.41, 5.74) is 0.157. The Hall–Kier alpha value is -4.21. The molecule has 0 aliphatic carbocycles. The minimum absolute atomic E-state index is 0.0496. The summed E-state index contributed by atoms with van der Waals surface area (Å²) in [6.45, 7) is 0.166. The maximum absolute atomic E-state index is 13.9. The highest BCUT2D eigenvalue weighted by molar-refractivity contribution is 6.00. The average Bonchev–Trinajstić information content (AvgIpc) is 3.41. The van der Waals surface area contributed by atoms with Crippen molar-refractivity contribution >= 4 is 22.3 Å².